The number of aromatic nitrogens is 2. The summed E-state index contributed by atoms with van der Waals surface area (Å²) in [6, 6.07) is 10.7. The fourth-order valence-corrected chi connectivity index (χ4v) is 3.31. The van der Waals surface area contributed by atoms with Gasteiger partial charge in [0.05, 0.1) is 0 Å². The molecule has 2 heterocycles. The van der Waals surface area contributed by atoms with Crippen LogP contribution in [0.5, 0.6) is 0 Å². The average Bonchev–Trinajstić information content (AvgIpc) is 2.72. The third kappa shape index (κ3) is 3.56. The van der Waals surface area contributed by atoms with Crippen LogP contribution in [0.4, 0.5) is 0 Å². The predicted octanol–water partition coefficient (Wildman–Crippen LogP) is 2.41. The van der Waals surface area contributed by atoms with Gasteiger partial charge in [0.15, 0.2) is 5.43 Å². The number of hydrazine groups is 1. The van der Waals surface area contributed by atoms with E-state index in [2.05, 4.69) is 20.8 Å². The van der Waals surface area contributed by atoms with Crippen LogP contribution in [0.1, 0.15) is 26.4 Å². The molecule has 0 aliphatic rings. The number of hydrogen-bond donors (Lipinski definition) is 4. The normalized spacial score (nSPS) is 10.9. The van der Waals surface area contributed by atoms with E-state index in [-0.39, 0.29) is 21.9 Å². The van der Waals surface area contributed by atoms with Crippen molar-refractivity contribution in [1.29, 1.82) is 0 Å². The Morgan fingerprint density at radius 3 is 2.43 bits per heavy atom. The molecule has 4 N–H and O–H groups in total. The topological polar surface area (TPSA) is 124 Å². The highest BCUT2D eigenvalue weighted by molar-refractivity contribution is 6.31. The number of pyridine rings is 2. The third-order valence-electron chi connectivity index (χ3n) is 4.60. The number of halogens is 1. The lowest BCUT2D eigenvalue weighted by molar-refractivity contribution is 0.0846. The molecule has 4 rings (SSSR count). The van der Waals surface area contributed by atoms with Crippen LogP contribution in [-0.2, 0) is 0 Å². The van der Waals surface area contributed by atoms with Gasteiger partial charge in [0.1, 0.15) is 5.56 Å². The molecule has 150 valence electrons. The van der Waals surface area contributed by atoms with Crippen molar-refractivity contribution in [3.63, 3.8) is 0 Å². The van der Waals surface area contributed by atoms with Gasteiger partial charge < -0.3 is 9.97 Å². The molecule has 2 aromatic carbocycles. The molecule has 0 atom stereocenters. The molecule has 0 unspecified atom stereocenters. The number of amides is 2. The monoisotopic (exact) mass is 422 g/mol. The number of rotatable bonds is 2. The van der Waals surface area contributed by atoms with Crippen molar-refractivity contribution in [3.8, 4) is 0 Å². The van der Waals surface area contributed by atoms with E-state index in [1.807, 2.05) is 0 Å². The van der Waals surface area contributed by atoms with Crippen molar-refractivity contribution >= 4 is 45.2 Å². The van der Waals surface area contributed by atoms with Crippen molar-refractivity contribution in [3.05, 3.63) is 91.0 Å². The zero-order valence-corrected chi connectivity index (χ0v) is 16.4. The van der Waals surface area contributed by atoms with Crippen LogP contribution in [-0.4, -0.2) is 21.8 Å². The number of H-pyrrole nitrogens is 2. The third-order valence-corrected chi connectivity index (χ3v) is 4.84. The van der Waals surface area contributed by atoms with Gasteiger partial charge in [0, 0.05) is 50.3 Å². The highest BCUT2D eigenvalue weighted by atomic mass is 35.5. The summed E-state index contributed by atoms with van der Waals surface area (Å²) in [4.78, 5) is 55.4. The first-order chi connectivity index (χ1) is 14.3. The van der Waals surface area contributed by atoms with Crippen molar-refractivity contribution in [2.75, 3.05) is 0 Å². The van der Waals surface area contributed by atoms with Crippen molar-refractivity contribution in [2.24, 2.45) is 0 Å². The largest absolute Gasteiger partial charge is 0.360 e. The van der Waals surface area contributed by atoms with Crippen molar-refractivity contribution in [1.82, 2.24) is 20.8 Å². The Hall–Kier alpha value is -3.91. The van der Waals surface area contributed by atoms with Gasteiger partial charge in [-0.1, -0.05) is 11.6 Å². The number of aromatic amines is 2. The standard InChI is InChI=1S/C21H15ClN4O4/c1-10-6-18(27)13-7-11(2-4-17(13)24-10)20(29)25-26-21(30)15-9-23-16-5-3-12(22)8-14(16)19(15)28/h2-9H,1H3,(H,23,28)(H,24,27)(H,25,29)(H,26,30). The quantitative estimate of drug-likeness (QED) is 0.370. The lowest BCUT2D eigenvalue weighted by Crippen LogP contribution is -2.43. The molecule has 0 saturated carbocycles. The van der Waals surface area contributed by atoms with Gasteiger partial charge in [-0.25, -0.2) is 0 Å². The zero-order valence-electron chi connectivity index (χ0n) is 15.6. The van der Waals surface area contributed by atoms with Crippen LogP contribution >= 0.6 is 11.6 Å². The molecule has 0 aliphatic heterocycles. The minimum atomic E-state index is -0.791. The molecule has 0 bridgehead atoms. The molecule has 9 heteroatoms. The predicted molar refractivity (Wildman–Crippen MR) is 114 cm³/mol. The van der Waals surface area contributed by atoms with Gasteiger partial charge in [-0.05, 0) is 43.3 Å². The summed E-state index contributed by atoms with van der Waals surface area (Å²) in [6.45, 7) is 1.76. The van der Waals surface area contributed by atoms with Crippen LogP contribution in [0.15, 0.2) is 58.3 Å². The molecule has 0 spiro atoms. The van der Waals surface area contributed by atoms with Gasteiger partial charge >= 0.3 is 0 Å². The summed E-state index contributed by atoms with van der Waals surface area (Å²) in [7, 11) is 0. The summed E-state index contributed by atoms with van der Waals surface area (Å²) in [6.07, 6.45) is 1.26. The second-order valence-electron chi connectivity index (χ2n) is 6.71. The minimum Gasteiger partial charge on any atom is -0.360 e. The van der Waals surface area contributed by atoms with E-state index < -0.39 is 17.2 Å². The van der Waals surface area contributed by atoms with Gasteiger partial charge in [-0.15, -0.1) is 0 Å². The maximum absolute atomic E-state index is 12.6. The van der Waals surface area contributed by atoms with Crippen LogP contribution in [0, 0.1) is 6.92 Å². The Bertz CT molecular complexity index is 1460. The summed E-state index contributed by atoms with van der Waals surface area (Å²) < 4.78 is 0. The van der Waals surface area contributed by atoms with Crippen LogP contribution in [0.3, 0.4) is 0 Å². The maximum atomic E-state index is 12.6. The molecule has 0 radical (unpaired) electrons. The molecule has 0 saturated heterocycles. The number of nitrogens with one attached hydrogen (secondary N) is 4. The van der Waals surface area contributed by atoms with E-state index in [1.165, 1.54) is 30.5 Å². The first-order valence-electron chi connectivity index (χ1n) is 8.89. The zero-order chi connectivity index (χ0) is 21.4. The van der Waals surface area contributed by atoms with E-state index >= 15 is 0 Å². The van der Waals surface area contributed by atoms with Crippen LogP contribution in [0.25, 0.3) is 21.8 Å². The van der Waals surface area contributed by atoms with Gasteiger partial charge in [-0.3, -0.25) is 30.0 Å². The Morgan fingerprint density at radius 1 is 0.900 bits per heavy atom. The Balaban J connectivity index is 1.55. The average molecular weight is 423 g/mol. The second-order valence-corrected chi connectivity index (χ2v) is 7.14. The number of carbonyl (C=O) groups is 2. The fraction of sp³-hybridized carbons (Fsp3) is 0.0476. The van der Waals surface area contributed by atoms with E-state index in [0.29, 0.717) is 27.1 Å². The number of aryl methyl sites for hydroxylation is 1. The summed E-state index contributed by atoms with van der Waals surface area (Å²) in [5, 5.41) is 0.966. The maximum Gasteiger partial charge on any atom is 0.275 e. The van der Waals surface area contributed by atoms with E-state index in [1.54, 1.807) is 25.1 Å². The molecule has 8 nitrogen and oxygen atoms in total. The van der Waals surface area contributed by atoms with Gasteiger partial charge in [0.2, 0.25) is 5.43 Å². The SMILES string of the molecule is Cc1cc(=O)c2cc(C(=O)NNC(=O)c3c[nH]c4ccc(Cl)cc4c3=O)ccc2[nH]1. The Morgan fingerprint density at radius 2 is 1.63 bits per heavy atom. The fourth-order valence-electron chi connectivity index (χ4n) is 3.13. The molecule has 2 aromatic heterocycles. The first kappa shape index (κ1) is 19.4. The second kappa shape index (κ2) is 7.49. The number of carbonyl (C=O) groups excluding carboxylic acids is 2. The molecular weight excluding hydrogens is 408 g/mol. The van der Waals surface area contributed by atoms with Gasteiger partial charge in [-0.2, -0.15) is 0 Å². The first-order valence-corrected chi connectivity index (χ1v) is 9.26. The van der Waals surface area contributed by atoms with E-state index in [4.69, 9.17) is 11.6 Å². The summed E-state index contributed by atoms with van der Waals surface area (Å²) in [5.74, 6) is -1.42. The molecular formula is C21H15ClN4O4. The molecule has 30 heavy (non-hydrogen) atoms. The summed E-state index contributed by atoms with van der Waals surface area (Å²) >= 11 is 5.92. The lowest BCUT2D eigenvalue weighted by Gasteiger charge is -2.09. The highest BCUT2D eigenvalue weighted by Gasteiger charge is 2.15. The lowest BCUT2D eigenvalue weighted by atomic mass is 10.1. The van der Waals surface area contributed by atoms with Crippen LogP contribution in [0.2, 0.25) is 5.02 Å². The minimum absolute atomic E-state index is 0.177. The number of benzene rings is 2. The molecule has 0 fully saturated rings. The van der Waals surface area contributed by atoms with Crippen molar-refractivity contribution < 1.29 is 9.59 Å². The number of fused-ring (bicyclic) bond motifs is 2. The number of hydrogen-bond acceptors (Lipinski definition) is 4. The Labute approximate surface area is 173 Å². The molecule has 0 aliphatic carbocycles. The van der Waals surface area contributed by atoms with Gasteiger partial charge in [0.25, 0.3) is 11.8 Å². The summed E-state index contributed by atoms with van der Waals surface area (Å²) in [5.41, 5.74) is 5.55. The Kier molecular flexibility index (Phi) is 4.85. The van der Waals surface area contributed by atoms with Crippen LogP contribution < -0.4 is 21.7 Å². The molecule has 4 aromatic rings. The highest BCUT2D eigenvalue weighted by Crippen LogP contribution is 2.15. The smallest absolute Gasteiger partial charge is 0.275 e. The van der Waals surface area contributed by atoms with E-state index in [0.717, 1.165) is 0 Å². The van der Waals surface area contributed by atoms with E-state index in [9.17, 15) is 19.2 Å². The van der Waals surface area contributed by atoms with Crippen molar-refractivity contribution in [2.45, 2.75) is 6.92 Å². The molecule has 2 amide bonds.